The van der Waals surface area contributed by atoms with Crippen LogP contribution in [0.4, 0.5) is 4.79 Å². The molecule has 0 radical (unpaired) electrons. The molecule has 2 aromatic rings. The molecule has 2 atom stereocenters. The molecular formula is C20H25N3O3. The molecule has 2 bridgehead atoms. The second kappa shape index (κ2) is 6.13. The molecule has 2 aliphatic rings. The number of benzene rings is 1. The van der Waals surface area contributed by atoms with Crippen LogP contribution in [0.2, 0.25) is 0 Å². The summed E-state index contributed by atoms with van der Waals surface area (Å²) in [4.78, 5) is 14.5. The number of rotatable bonds is 1. The summed E-state index contributed by atoms with van der Waals surface area (Å²) in [6, 6.07) is 6.27. The Morgan fingerprint density at radius 2 is 2.12 bits per heavy atom. The van der Waals surface area contributed by atoms with Gasteiger partial charge >= 0.3 is 6.09 Å². The van der Waals surface area contributed by atoms with E-state index in [4.69, 9.17) is 9.47 Å². The number of carbonyl (C=O) groups is 1. The number of morpholine rings is 1. The maximum atomic E-state index is 12.7. The third-order valence-corrected chi connectivity index (χ3v) is 4.80. The number of aromatic nitrogens is 2. The highest BCUT2D eigenvalue weighted by molar-refractivity contribution is 5.84. The minimum absolute atomic E-state index is 0.00281. The number of fused-ring (bicyclic) bond motifs is 3. The van der Waals surface area contributed by atoms with Crippen LogP contribution in [-0.4, -0.2) is 51.7 Å². The molecule has 1 fully saturated rings. The summed E-state index contributed by atoms with van der Waals surface area (Å²) in [5.41, 5.74) is 2.90. The number of hydrogen-bond donors (Lipinski definition) is 0. The maximum absolute atomic E-state index is 12.7. The SMILES string of the molecule is Cn1cc2ccc(C3=CC4COCC(C3)N4C(=O)OC(C)(C)C)cc2n1. The number of carbonyl (C=O) groups excluding carboxylic acids is 1. The van der Waals surface area contributed by atoms with Crippen molar-refractivity contribution in [2.75, 3.05) is 13.2 Å². The van der Waals surface area contributed by atoms with E-state index in [2.05, 4.69) is 29.4 Å². The Labute approximate surface area is 153 Å². The Hall–Kier alpha value is -2.34. The number of amides is 1. The predicted octanol–water partition coefficient (Wildman–Crippen LogP) is 3.36. The van der Waals surface area contributed by atoms with Crippen molar-refractivity contribution < 1.29 is 14.3 Å². The second-order valence-corrected chi connectivity index (χ2v) is 8.12. The molecule has 1 amide bonds. The Morgan fingerprint density at radius 1 is 1.31 bits per heavy atom. The van der Waals surface area contributed by atoms with E-state index in [1.54, 1.807) is 0 Å². The van der Waals surface area contributed by atoms with Crippen molar-refractivity contribution in [1.82, 2.24) is 14.7 Å². The van der Waals surface area contributed by atoms with Gasteiger partial charge in [-0.25, -0.2) is 4.79 Å². The lowest BCUT2D eigenvalue weighted by Gasteiger charge is -2.44. The molecule has 1 aromatic carbocycles. The normalized spacial score (nSPS) is 23.1. The molecule has 4 rings (SSSR count). The van der Waals surface area contributed by atoms with Gasteiger partial charge in [0.25, 0.3) is 0 Å². The van der Waals surface area contributed by atoms with Gasteiger partial charge in [0.05, 0.1) is 30.8 Å². The monoisotopic (exact) mass is 355 g/mol. The van der Waals surface area contributed by atoms with E-state index in [1.165, 1.54) is 5.57 Å². The minimum Gasteiger partial charge on any atom is -0.444 e. The Bertz CT molecular complexity index is 878. The van der Waals surface area contributed by atoms with Gasteiger partial charge in [-0.3, -0.25) is 9.58 Å². The molecule has 138 valence electrons. The zero-order chi connectivity index (χ0) is 18.5. The summed E-state index contributed by atoms with van der Waals surface area (Å²) in [7, 11) is 1.93. The first-order chi connectivity index (χ1) is 12.3. The summed E-state index contributed by atoms with van der Waals surface area (Å²) in [6.45, 7) is 6.73. The second-order valence-electron chi connectivity index (χ2n) is 8.12. The first kappa shape index (κ1) is 17.1. The van der Waals surface area contributed by atoms with Crippen molar-refractivity contribution in [2.45, 2.75) is 44.9 Å². The van der Waals surface area contributed by atoms with E-state index >= 15 is 0 Å². The lowest BCUT2D eigenvalue weighted by atomic mass is 9.90. The summed E-state index contributed by atoms with van der Waals surface area (Å²) < 4.78 is 13.1. The molecular weight excluding hydrogens is 330 g/mol. The van der Waals surface area contributed by atoms with E-state index in [-0.39, 0.29) is 18.2 Å². The van der Waals surface area contributed by atoms with Crippen LogP contribution in [0.25, 0.3) is 16.5 Å². The summed E-state index contributed by atoms with van der Waals surface area (Å²) >= 11 is 0. The maximum Gasteiger partial charge on any atom is 0.411 e. The van der Waals surface area contributed by atoms with Gasteiger partial charge in [-0.1, -0.05) is 18.2 Å². The largest absolute Gasteiger partial charge is 0.444 e. The molecule has 3 heterocycles. The molecule has 0 spiro atoms. The Balaban J connectivity index is 1.64. The average molecular weight is 355 g/mol. The number of ether oxygens (including phenoxy) is 2. The number of nitrogens with zero attached hydrogens (tertiary/aromatic N) is 3. The molecule has 2 aliphatic heterocycles. The van der Waals surface area contributed by atoms with E-state index in [9.17, 15) is 4.79 Å². The van der Waals surface area contributed by atoms with Crippen molar-refractivity contribution in [3.63, 3.8) is 0 Å². The molecule has 26 heavy (non-hydrogen) atoms. The zero-order valence-corrected chi connectivity index (χ0v) is 15.7. The minimum atomic E-state index is -0.500. The van der Waals surface area contributed by atoms with Gasteiger partial charge < -0.3 is 9.47 Å². The highest BCUT2D eigenvalue weighted by Gasteiger charge is 2.40. The molecule has 1 aromatic heterocycles. The van der Waals surface area contributed by atoms with Gasteiger partial charge in [-0.2, -0.15) is 5.10 Å². The van der Waals surface area contributed by atoms with Crippen molar-refractivity contribution in [1.29, 1.82) is 0 Å². The van der Waals surface area contributed by atoms with Crippen LogP contribution in [0.1, 0.15) is 32.8 Å². The van der Waals surface area contributed by atoms with E-state index in [1.807, 2.05) is 43.6 Å². The van der Waals surface area contributed by atoms with Crippen LogP contribution in [0.3, 0.4) is 0 Å². The Morgan fingerprint density at radius 3 is 2.85 bits per heavy atom. The van der Waals surface area contributed by atoms with Crippen molar-refractivity contribution in [3.8, 4) is 0 Å². The van der Waals surface area contributed by atoms with Crippen molar-refractivity contribution in [3.05, 3.63) is 36.0 Å². The molecule has 0 saturated carbocycles. The standard InChI is InChI=1S/C20H25N3O3/c1-20(2,3)26-19(24)23-16-7-15(8-17(23)12-25-11-16)13-5-6-14-10-22(4)21-18(14)9-13/h5-7,9-10,16-17H,8,11-12H2,1-4H3. The van der Waals surface area contributed by atoms with Gasteiger partial charge in [0.2, 0.25) is 0 Å². The van der Waals surface area contributed by atoms with Crippen LogP contribution in [0.5, 0.6) is 0 Å². The fraction of sp³-hybridized carbons (Fsp3) is 0.500. The van der Waals surface area contributed by atoms with Crippen molar-refractivity contribution in [2.24, 2.45) is 7.05 Å². The third-order valence-electron chi connectivity index (χ3n) is 4.80. The van der Waals surface area contributed by atoms with Gasteiger partial charge in [0.1, 0.15) is 5.60 Å². The predicted molar refractivity (Wildman–Crippen MR) is 99.8 cm³/mol. The average Bonchev–Trinajstić information content (AvgIpc) is 2.91. The van der Waals surface area contributed by atoms with E-state index in [0.29, 0.717) is 13.2 Å². The van der Waals surface area contributed by atoms with Crippen LogP contribution in [0, 0.1) is 0 Å². The lowest BCUT2D eigenvalue weighted by molar-refractivity contribution is -0.0510. The smallest absolute Gasteiger partial charge is 0.411 e. The summed E-state index contributed by atoms with van der Waals surface area (Å²) in [5.74, 6) is 0. The molecule has 6 heteroatoms. The number of aryl methyl sites for hydroxylation is 1. The molecule has 2 unspecified atom stereocenters. The lowest BCUT2D eigenvalue weighted by Crippen LogP contribution is -2.57. The van der Waals surface area contributed by atoms with Gasteiger partial charge in [-0.05, 0) is 44.4 Å². The van der Waals surface area contributed by atoms with Gasteiger partial charge in [-0.15, -0.1) is 0 Å². The topological polar surface area (TPSA) is 56.6 Å². The molecule has 0 N–H and O–H groups in total. The van der Waals surface area contributed by atoms with Crippen molar-refractivity contribution >= 4 is 22.6 Å². The molecule has 1 saturated heterocycles. The van der Waals surface area contributed by atoms with E-state index < -0.39 is 5.60 Å². The van der Waals surface area contributed by atoms with Crippen LogP contribution in [0.15, 0.2) is 30.5 Å². The van der Waals surface area contributed by atoms with Crippen LogP contribution >= 0.6 is 0 Å². The summed E-state index contributed by atoms with van der Waals surface area (Å²) in [5, 5.41) is 5.64. The fourth-order valence-corrected chi connectivity index (χ4v) is 3.75. The first-order valence-electron chi connectivity index (χ1n) is 9.04. The van der Waals surface area contributed by atoms with E-state index in [0.717, 1.165) is 22.9 Å². The zero-order valence-electron chi connectivity index (χ0n) is 15.7. The van der Waals surface area contributed by atoms with Crippen LogP contribution < -0.4 is 0 Å². The first-order valence-corrected chi connectivity index (χ1v) is 9.04. The highest BCUT2D eigenvalue weighted by Crippen LogP contribution is 2.34. The fourth-order valence-electron chi connectivity index (χ4n) is 3.75. The highest BCUT2D eigenvalue weighted by atomic mass is 16.6. The Kier molecular flexibility index (Phi) is 4.03. The third kappa shape index (κ3) is 3.21. The number of hydrogen-bond acceptors (Lipinski definition) is 4. The molecule has 0 aliphatic carbocycles. The van der Waals surface area contributed by atoms with Gasteiger partial charge in [0, 0.05) is 18.6 Å². The summed E-state index contributed by atoms with van der Waals surface area (Å²) in [6.07, 6.45) is 4.66. The van der Waals surface area contributed by atoms with Gasteiger partial charge in [0.15, 0.2) is 0 Å². The quantitative estimate of drug-likeness (QED) is 0.787. The van der Waals surface area contributed by atoms with Crippen LogP contribution in [-0.2, 0) is 16.5 Å². The molecule has 6 nitrogen and oxygen atoms in total.